The van der Waals surface area contributed by atoms with Gasteiger partial charge in [-0.05, 0) is 33.0 Å². The predicted octanol–water partition coefficient (Wildman–Crippen LogP) is 0.136. The summed E-state index contributed by atoms with van der Waals surface area (Å²) >= 11 is 0. The van der Waals surface area contributed by atoms with E-state index in [0.717, 1.165) is 25.6 Å². The largest absolute Gasteiger partial charge is 0.314 e. The van der Waals surface area contributed by atoms with E-state index in [-0.39, 0.29) is 0 Å². The van der Waals surface area contributed by atoms with Crippen LogP contribution >= 0.6 is 0 Å². The van der Waals surface area contributed by atoms with Gasteiger partial charge in [0.25, 0.3) is 0 Å². The normalized spacial score (nSPS) is 28.6. The maximum Gasteiger partial charge on any atom is 0.0195 e. The zero-order valence-corrected chi connectivity index (χ0v) is 9.14. The molecule has 0 aromatic heterocycles. The van der Waals surface area contributed by atoms with Gasteiger partial charge in [0, 0.05) is 25.7 Å². The summed E-state index contributed by atoms with van der Waals surface area (Å²) in [5.74, 6) is 0.862. The minimum absolute atomic E-state index is 0.706. The van der Waals surface area contributed by atoms with E-state index >= 15 is 0 Å². The predicted molar refractivity (Wildman–Crippen MR) is 57.0 cm³/mol. The average Bonchev–Trinajstić information content (AvgIpc) is 2.45. The summed E-state index contributed by atoms with van der Waals surface area (Å²) in [7, 11) is 4.22. The summed E-state index contributed by atoms with van der Waals surface area (Å²) in [5, 5.41) is 6.99. The first-order chi connectivity index (χ1) is 6.18. The maximum atomic E-state index is 3.52. The van der Waals surface area contributed by atoms with Crippen molar-refractivity contribution in [3.8, 4) is 0 Å². The average molecular weight is 185 g/mol. The molecule has 2 atom stereocenters. The molecule has 13 heavy (non-hydrogen) atoms. The molecule has 1 saturated heterocycles. The third-order valence-corrected chi connectivity index (χ3v) is 2.57. The molecule has 1 fully saturated rings. The Morgan fingerprint density at radius 2 is 2.23 bits per heavy atom. The quantitative estimate of drug-likeness (QED) is 0.597. The van der Waals surface area contributed by atoms with Gasteiger partial charge in [-0.2, -0.15) is 0 Å². The third-order valence-electron chi connectivity index (χ3n) is 2.57. The lowest BCUT2D eigenvalue weighted by Gasteiger charge is -2.13. The molecule has 1 aliphatic heterocycles. The van der Waals surface area contributed by atoms with Crippen molar-refractivity contribution in [2.45, 2.75) is 19.4 Å². The molecular formula is C10H23N3. The first-order valence-electron chi connectivity index (χ1n) is 5.27. The second kappa shape index (κ2) is 5.58. The summed E-state index contributed by atoms with van der Waals surface area (Å²) in [6.07, 6.45) is 1.33. The van der Waals surface area contributed by atoms with Gasteiger partial charge in [0.05, 0.1) is 0 Å². The molecule has 0 bridgehead atoms. The minimum atomic E-state index is 0.706. The zero-order chi connectivity index (χ0) is 9.68. The monoisotopic (exact) mass is 185 g/mol. The number of nitrogens with one attached hydrogen (secondary N) is 2. The van der Waals surface area contributed by atoms with Crippen molar-refractivity contribution in [3.05, 3.63) is 0 Å². The fourth-order valence-electron chi connectivity index (χ4n) is 1.75. The van der Waals surface area contributed by atoms with Gasteiger partial charge in [-0.1, -0.05) is 6.92 Å². The summed E-state index contributed by atoms with van der Waals surface area (Å²) in [4.78, 5) is 2.21. The molecule has 1 aliphatic rings. The van der Waals surface area contributed by atoms with Gasteiger partial charge in [-0.15, -0.1) is 0 Å². The molecule has 0 aliphatic carbocycles. The Bertz CT molecular complexity index is 136. The Kier molecular flexibility index (Phi) is 4.70. The van der Waals surface area contributed by atoms with Crippen LogP contribution in [0.25, 0.3) is 0 Å². The van der Waals surface area contributed by atoms with Gasteiger partial charge in [0.1, 0.15) is 0 Å². The molecule has 1 rings (SSSR count). The van der Waals surface area contributed by atoms with Crippen molar-refractivity contribution in [1.82, 2.24) is 15.5 Å². The molecule has 0 saturated carbocycles. The highest BCUT2D eigenvalue weighted by molar-refractivity contribution is 4.80. The lowest BCUT2D eigenvalue weighted by molar-refractivity contribution is 0.393. The molecule has 0 amide bonds. The highest BCUT2D eigenvalue weighted by Crippen LogP contribution is 2.11. The third kappa shape index (κ3) is 4.60. The van der Waals surface area contributed by atoms with Crippen LogP contribution in [0.2, 0.25) is 0 Å². The molecule has 0 aromatic rings. The highest BCUT2D eigenvalue weighted by Gasteiger charge is 2.19. The lowest BCUT2D eigenvalue weighted by Crippen LogP contribution is -2.36. The van der Waals surface area contributed by atoms with E-state index in [9.17, 15) is 0 Å². The van der Waals surface area contributed by atoms with Crippen LogP contribution in [0.4, 0.5) is 0 Å². The summed E-state index contributed by atoms with van der Waals surface area (Å²) in [6.45, 7) is 6.85. The first-order valence-corrected chi connectivity index (χ1v) is 5.27. The van der Waals surface area contributed by atoms with Gasteiger partial charge < -0.3 is 15.5 Å². The van der Waals surface area contributed by atoms with Crippen LogP contribution in [-0.4, -0.2) is 51.2 Å². The standard InChI is InChI=1S/C10H23N3/c1-9-6-10(12-7-9)8-11-4-5-13(2)3/h9-12H,4-8H2,1-3H3. The first kappa shape index (κ1) is 11.0. The number of hydrogen-bond acceptors (Lipinski definition) is 3. The number of nitrogens with zero attached hydrogens (tertiary/aromatic N) is 1. The molecule has 3 heteroatoms. The second-order valence-electron chi connectivity index (χ2n) is 4.45. The second-order valence-corrected chi connectivity index (χ2v) is 4.45. The Morgan fingerprint density at radius 3 is 2.77 bits per heavy atom. The van der Waals surface area contributed by atoms with Gasteiger partial charge in [-0.3, -0.25) is 0 Å². The lowest BCUT2D eigenvalue weighted by atomic mass is 10.1. The van der Waals surface area contributed by atoms with Crippen molar-refractivity contribution in [2.75, 3.05) is 40.3 Å². The van der Waals surface area contributed by atoms with Crippen LogP contribution in [0.5, 0.6) is 0 Å². The van der Waals surface area contributed by atoms with Crippen LogP contribution in [0.3, 0.4) is 0 Å². The Morgan fingerprint density at radius 1 is 1.46 bits per heavy atom. The summed E-state index contributed by atoms with van der Waals surface area (Å²) in [6, 6.07) is 0.706. The van der Waals surface area contributed by atoms with Crippen molar-refractivity contribution in [3.63, 3.8) is 0 Å². The van der Waals surface area contributed by atoms with Gasteiger partial charge in [0.15, 0.2) is 0 Å². The Labute approximate surface area is 81.9 Å². The van der Waals surface area contributed by atoms with E-state index in [1.165, 1.54) is 13.0 Å². The Hall–Kier alpha value is -0.120. The number of likely N-dealkylation sites (N-methyl/N-ethyl adjacent to an activating group) is 1. The van der Waals surface area contributed by atoms with Gasteiger partial charge in [0.2, 0.25) is 0 Å². The van der Waals surface area contributed by atoms with Crippen molar-refractivity contribution in [1.29, 1.82) is 0 Å². The molecule has 1 heterocycles. The SMILES string of the molecule is CC1CNC(CNCCN(C)C)C1. The van der Waals surface area contributed by atoms with E-state index in [4.69, 9.17) is 0 Å². The number of rotatable bonds is 5. The number of hydrogen-bond donors (Lipinski definition) is 2. The zero-order valence-electron chi connectivity index (χ0n) is 9.14. The van der Waals surface area contributed by atoms with Gasteiger partial charge in [-0.25, -0.2) is 0 Å². The van der Waals surface area contributed by atoms with E-state index in [2.05, 4.69) is 36.6 Å². The van der Waals surface area contributed by atoms with Crippen LogP contribution in [0.1, 0.15) is 13.3 Å². The van der Waals surface area contributed by atoms with Crippen LogP contribution in [0, 0.1) is 5.92 Å². The van der Waals surface area contributed by atoms with Crippen LogP contribution < -0.4 is 10.6 Å². The fraction of sp³-hybridized carbons (Fsp3) is 1.00. The molecule has 78 valence electrons. The molecule has 2 unspecified atom stereocenters. The molecule has 0 radical (unpaired) electrons. The Balaban J connectivity index is 1.94. The topological polar surface area (TPSA) is 27.3 Å². The van der Waals surface area contributed by atoms with Crippen molar-refractivity contribution >= 4 is 0 Å². The van der Waals surface area contributed by atoms with E-state index in [0.29, 0.717) is 6.04 Å². The highest BCUT2D eigenvalue weighted by atomic mass is 15.1. The molecular weight excluding hydrogens is 162 g/mol. The van der Waals surface area contributed by atoms with E-state index in [1.807, 2.05) is 0 Å². The molecule has 3 nitrogen and oxygen atoms in total. The molecule has 0 spiro atoms. The molecule has 0 aromatic carbocycles. The molecule has 2 N–H and O–H groups in total. The van der Waals surface area contributed by atoms with Crippen LogP contribution in [0.15, 0.2) is 0 Å². The van der Waals surface area contributed by atoms with Crippen molar-refractivity contribution in [2.24, 2.45) is 5.92 Å². The van der Waals surface area contributed by atoms with Crippen LogP contribution in [-0.2, 0) is 0 Å². The van der Waals surface area contributed by atoms with Gasteiger partial charge >= 0.3 is 0 Å². The van der Waals surface area contributed by atoms with Crippen molar-refractivity contribution < 1.29 is 0 Å². The summed E-state index contributed by atoms with van der Waals surface area (Å²) < 4.78 is 0. The minimum Gasteiger partial charge on any atom is -0.314 e. The summed E-state index contributed by atoms with van der Waals surface area (Å²) in [5.41, 5.74) is 0. The van der Waals surface area contributed by atoms with E-state index < -0.39 is 0 Å². The van der Waals surface area contributed by atoms with E-state index in [1.54, 1.807) is 0 Å². The fourth-order valence-corrected chi connectivity index (χ4v) is 1.75. The maximum absolute atomic E-state index is 3.52. The smallest absolute Gasteiger partial charge is 0.0195 e.